The van der Waals surface area contributed by atoms with Crippen molar-refractivity contribution in [2.75, 3.05) is 11.5 Å². The van der Waals surface area contributed by atoms with Gasteiger partial charge in [-0.1, -0.05) is 35.0 Å². The molecule has 1 aliphatic rings. The predicted molar refractivity (Wildman–Crippen MR) is 133 cm³/mol. The van der Waals surface area contributed by atoms with E-state index in [0.29, 0.717) is 40.3 Å². The summed E-state index contributed by atoms with van der Waals surface area (Å²) in [6.07, 6.45) is 0. The molecule has 1 unspecified atom stereocenters. The first kappa shape index (κ1) is 22.2. The summed E-state index contributed by atoms with van der Waals surface area (Å²) in [5.41, 5.74) is 2.89. The van der Waals surface area contributed by atoms with Crippen LogP contribution < -0.4 is 15.0 Å². The highest BCUT2D eigenvalue weighted by Gasteiger charge is 2.36. The monoisotopic (exact) mass is 492 g/mol. The van der Waals surface area contributed by atoms with Gasteiger partial charge in [0.1, 0.15) is 5.75 Å². The van der Waals surface area contributed by atoms with Gasteiger partial charge in [-0.05, 0) is 67.3 Å². The van der Waals surface area contributed by atoms with Crippen LogP contribution in [0, 0.1) is 0 Å². The average Bonchev–Trinajstić information content (AvgIpc) is 3.52. The Kier molecular flexibility index (Phi) is 6.08. The quantitative estimate of drug-likeness (QED) is 0.330. The van der Waals surface area contributed by atoms with Crippen LogP contribution in [0.3, 0.4) is 0 Å². The Balaban J connectivity index is 1.63. The van der Waals surface area contributed by atoms with Crippen LogP contribution >= 0.6 is 22.9 Å². The number of allylic oxidation sites excluding steroid dienone is 1. The van der Waals surface area contributed by atoms with E-state index in [1.807, 2.05) is 73.8 Å². The molecule has 2 amide bonds. The maximum absolute atomic E-state index is 13.3. The molecule has 34 heavy (non-hydrogen) atoms. The molecule has 5 rings (SSSR count). The maximum Gasteiger partial charge on any atom is 0.326 e. The van der Waals surface area contributed by atoms with Gasteiger partial charge in [-0.2, -0.15) is 4.98 Å². The van der Waals surface area contributed by atoms with Gasteiger partial charge in [-0.15, -0.1) is 11.3 Å². The fraction of sp³-hybridized carbons (Fsp3) is 0.160. The lowest BCUT2D eigenvalue weighted by molar-refractivity contribution is 0.244. The second-order valence-corrected chi connectivity index (χ2v) is 8.98. The van der Waals surface area contributed by atoms with Crippen LogP contribution in [0.5, 0.6) is 5.75 Å². The number of nitrogens with one attached hydrogen (secondary N) is 1. The second-order valence-electron chi connectivity index (χ2n) is 7.60. The SMILES string of the molecule is CCOc1ccc(N2C(=O)NC(c3cccc(Cl)c3)C(c3nc(-c4cccs4)no3)=C2C)cc1. The van der Waals surface area contributed by atoms with Crippen molar-refractivity contribution >= 4 is 40.2 Å². The van der Waals surface area contributed by atoms with Gasteiger partial charge in [0, 0.05) is 10.7 Å². The van der Waals surface area contributed by atoms with Crippen molar-refractivity contribution in [1.82, 2.24) is 15.5 Å². The molecule has 172 valence electrons. The molecule has 1 N–H and O–H groups in total. The highest BCUT2D eigenvalue weighted by Crippen LogP contribution is 2.40. The van der Waals surface area contributed by atoms with Crippen molar-refractivity contribution in [3.63, 3.8) is 0 Å². The van der Waals surface area contributed by atoms with E-state index in [1.165, 1.54) is 11.3 Å². The zero-order valence-electron chi connectivity index (χ0n) is 18.5. The molecule has 1 atom stereocenters. The Morgan fingerprint density at radius 3 is 2.71 bits per heavy atom. The Labute approximate surface area is 205 Å². The fourth-order valence-electron chi connectivity index (χ4n) is 3.96. The molecule has 0 bridgehead atoms. The van der Waals surface area contributed by atoms with Crippen LogP contribution in [0.2, 0.25) is 5.02 Å². The molecule has 2 aromatic heterocycles. The molecule has 0 fully saturated rings. The minimum atomic E-state index is -0.512. The van der Waals surface area contributed by atoms with E-state index in [2.05, 4.69) is 15.5 Å². The number of carbonyl (C=O) groups is 1. The third-order valence-electron chi connectivity index (χ3n) is 5.47. The van der Waals surface area contributed by atoms with Crippen LogP contribution in [-0.4, -0.2) is 22.8 Å². The number of hydrogen-bond donors (Lipinski definition) is 1. The maximum atomic E-state index is 13.3. The number of halogens is 1. The Morgan fingerprint density at radius 2 is 2.00 bits per heavy atom. The van der Waals surface area contributed by atoms with E-state index in [1.54, 1.807) is 11.0 Å². The zero-order chi connectivity index (χ0) is 23.7. The number of rotatable bonds is 6. The van der Waals surface area contributed by atoms with Gasteiger partial charge >= 0.3 is 6.03 Å². The fourth-order valence-corrected chi connectivity index (χ4v) is 4.81. The first-order valence-corrected chi connectivity index (χ1v) is 12.0. The van der Waals surface area contributed by atoms with Crippen molar-refractivity contribution in [1.29, 1.82) is 0 Å². The summed E-state index contributed by atoms with van der Waals surface area (Å²) < 4.78 is 11.2. The van der Waals surface area contributed by atoms with Gasteiger partial charge in [-0.3, -0.25) is 4.90 Å². The number of thiophene rings is 1. The van der Waals surface area contributed by atoms with Gasteiger partial charge in [0.05, 0.1) is 28.8 Å². The first-order valence-electron chi connectivity index (χ1n) is 10.7. The summed E-state index contributed by atoms with van der Waals surface area (Å²) in [5, 5.41) is 9.79. The van der Waals surface area contributed by atoms with E-state index in [4.69, 9.17) is 20.9 Å². The van der Waals surface area contributed by atoms with E-state index in [9.17, 15) is 4.79 Å². The van der Waals surface area contributed by atoms with Crippen LogP contribution in [-0.2, 0) is 0 Å². The van der Waals surface area contributed by atoms with Crippen LogP contribution in [0.1, 0.15) is 31.3 Å². The van der Waals surface area contributed by atoms with Gasteiger partial charge in [-0.25, -0.2) is 4.79 Å². The van der Waals surface area contributed by atoms with Crippen molar-refractivity contribution in [3.8, 4) is 16.5 Å². The Hall–Kier alpha value is -3.62. The second kappa shape index (κ2) is 9.32. The number of urea groups is 1. The van der Waals surface area contributed by atoms with E-state index >= 15 is 0 Å². The molecule has 0 saturated carbocycles. The van der Waals surface area contributed by atoms with Crippen molar-refractivity contribution in [2.45, 2.75) is 19.9 Å². The molecule has 4 aromatic rings. The topological polar surface area (TPSA) is 80.5 Å². The molecule has 3 heterocycles. The van der Waals surface area contributed by atoms with Crippen molar-refractivity contribution in [2.24, 2.45) is 0 Å². The lowest BCUT2D eigenvalue weighted by atomic mass is 9.94. The molecular weight excluding hydrogens is 472 g/mol. The number of hydrogen-bond acceptors (Lipinski definition) is 6. The summed E-state index contributed by atoms with van der Waals surface area (Å²) in [6.45, 7) is 4.37. The number of ether oxygens (including phenoxy) is 1. The van der Waals surface area contributed by atoms with E-state index < -0.39 is 6.04 Å². The highest BCUT2D eigenvalue weighted by molar-refractivity contribution is 7.13. The molecular formula is C25H21ClN4O3S. The molecule has 0 radical (unpaired) electrons. The summed E-state index contributed by atoms with van der Waals surface area (Å²) in [7, 11) is 0. The molecule has 0 saturated heterocycles. The predicted octanol–water partition coefficient (Wildman–Crippen LogP) is 6.55. The normalized spacial score (nSPS) is 16.0. The molecule has 7 nitrogen and oxygen atoms in total. The summed E-state index contributed by atoms with van der Waals surface area (Å²) in [4.78, 5) is 20.5. The minimum Gasteiger partial charge on any atom is -0.494 e. The first-order chi connectivity index (χ1) is 16.5. The molecule has 1 aliphatic heterocycles. The standard InChI is InChI=1S/C25H21ClN4O3S/c1-3-32-19-11-9-18(10-12-19)30-15(2)21(24-28-23(29-33-24)20-8-5-13-34-20)22(27-25(30)31)16-6-4-7-17(26)14-16/h4-14,22H,3H2,1-2H3,(H,27,31). The molecule has 2 aromatic carbocycles. The smallest absolute Gasteiger partial charge is 0.326 e. The van der Waals surface area contributed by atoms with Crippen LogP contribution in [0.25, 0.3) is 16.3 Å². The number of aromatic nitrogens is 2. The van der Waals surface area contributed by atoms with Crippen molar-refractivity contribution < 1.29 is 14.1 Å². The van der Waals surface area contributed by atoms with Crippen molar-refractivity contribution in [3.05, 3.63) is 88.2 Å². The van der Waals surface area contributed by atoms with Crippen LogP contribution in [0.4, 0.5) is 10.5 Å². The number of amides is 2. The lowest BCUT2D eigenvalue weighted by Crippen LogP contribution is -2.46. The van der Waals surface area contributed by atoms with Gasteiger partial charge < -0.3 is 14.6 Å². The minimum absolute atomic E-state index is 0.270. The van der Waals surface area contributed by atoms with E-state index in [0.717, 1.165) is 16.2 Å². The Morgan fingerprint density at radius 1 is 1.18 bits per heavy atom. The summed E-state index contributed by atoms with van der Waals surface area (Å²) in [5.74, 6) is 1.57. The lowest BCUT2D eigenvalue weighted by Gasteiger charge is -2.35. The zero-order valence-corrected chi connectivity index (χ0v) is 20.1. The molecule has 9 heteroatoms. The number of nitrogens with zero attached hydrogens (tertiary/aromatic N) is 3. The summed E-state index contributed by atoms with van der Waals surface area (Å²) >= 11 is 7.79. The van der Waals surface area contributed by atoms with E-state index in [-0.39, 0.29) is 6.03 Å². The van der Waals surface area contributed by atoms with Gasteiger partial charge in [0.25, 0.3) is 5.89 Å². The summed E-state index contributed by atoms with van der Waals surface area (Å²) in [6, 6.07) is 17.8. The third-order valence-corrected chi connectivity index (χ3v) is 6.57. The largest absolute Gasteiger partial charge is 0.494 e. The molecule has 0 aliphatic carbocycles. The Bertz CT molecular complexity index is 1350. The highest BCUT2D eigenvalue weighted by atomic mass is 35.5. The van der Waals surface area contributed by atoms with Gasteiger partial charge in [0.15, 0.2) is 0 Å². The average molecular weight is 493 g/mol. The van der Waals surface area contributed by atoms with Crippen LogP contribution in [0.15, 0.2) is 76.3 Å². The number of anilines is 1. The number of benzene rings is 2. The molecule has 0 spiro atoms. The third kappa shape index (κ3) is 4.18. The van der Waals surface area contributed by atoms with Gasteiger partial charge in [0.2, 0.25) is 5.82 Å². The number of carbonyl (C=O) groups excluding carboxylic acids is 1.